The fraction of sp³-hybridized carbons (Fsp3) is 0.0952. The second-order valence-corrected chi connectivity index (χ2v) is 6.77. The maximum atomic E-state index is 12.6. The van der Waals surface area contributed by atoms with Gasteiger partial charge in [0, 0.05) is 30.7 Å². The number of carbonyl (C=O) groups is 1. The van der Waals surface area contributed by atoms with E-state index in [2.05, 4.69) is 15.5 Å². The number of benzene rings is 2. The van der Waals surface area contributed by atoms with Gasteiger partial charge >= 0.3 is 0 Å². The molecule has 2 heterocycles. The highest BCUT2D eigenvalue weighted by molar-refractivity contribution is 6.03. The number of carbonyl (C=O) groups excluding carboxylic acids is 1. The first-order chi connectivity index (χ1) is 15.0. The first-order valence-electron chi connectivity index (χ1n) is 9.32. The van der Waals surface area contributed by atoms with Gasteiger partial charge in [0.05, 0.1) is 16.7 Å². The Morgan fingerprint density at radius 1 is 1.10 bits per heavy atom. The third kappa shape index (κ3) is 4.93. The van der Waals surface area contributed by atoms with Crippen LogP contribution in [0.3, 0.4) is 0 Å². The van der Waals surface area contributed by atoms with E-state index in [9.17, 15) is 14.9 Å². The van der Waals surface area contributed by atoms with Crippen LogP contribution >= 0.6 is 0 Å². The number of rotatable bonds is 7. The molecule has 1 N–H and O–H groups in total. The SMILES string of the molecule is Cc1cccc(Oc2cc(NC(=O)c3ccn(Cn4cccn4)n3)cc([N+](=O)[O-])c2)c1. The van der Waals surface area contributed by atoms with Crippen molar-refractivity contribution in [1.29, 1.82) is 0 Å². The number of nitro groups is 1. The van der Waals surface area contributed by atoms with Gasteiger partial charge in [0.1, 0.15) is 18.2 Å². The number of ether oxygens (including phenoxy) is 1. The number of aryl methyl sites for hydroxylation is 1. The van der Waals surface area contributed by atoms with Gasteiger partial charge in [0.2, 0.25) is 0 Å². The van der Waals surface area contributed by atoms with Crippen LogP contribution in [0, 0.1) is 17.0 Å². The molecule has 0 aliphatic carbocycles. The lowest BCUT2D eigenvalue weighted by atomic mass is 10.2. The second kappa shape index (κ2) is 8.49. The van der Waals surface area contributed by atoms with Crippen LogP contribution in [0.5, 0.6) is 11.5 Å². The molecule has 2 aromatic carbocycles. The molecule has 31 heavy (non-hydrogen) atoms. The molecule has 0 bridgehead atoms. The summed E-state index contributed by atoms with van der Waals surface area (Å²) in [5.74, 6) is 0.274. The zero-order valence-electron chi connectivity index (χ0n) is 16.5. The summed E-state index contributed by atoms with van der Waals surface area (Å²) in [7, 11) is 0. The highest BCUT2D eigenvalue weighted by atomic mass is 16.6. The summed E-state index contributed by atoms with van der Waals surface area (Å²) in [4.78, 5) is 23.4. The highest BCUT2D eigenvalue weighted by Gasteiger charge is 2.15. The van der Waals surface area contributed by atoms with Gasteiger partial charge in [-0.05, 0) is 36.8 Å². The Hall–Kier alpha value is -4.47. The van der Waals surface area contributed by atoms with Gasteiger partial charge in [-0.15, -0.1) is 0 Å². The Morgan fingerprint density at radius 2 is 1.97 bits per heavy atom. The Balaban J connectivity index is 1.53. The van der Waals surface area contributed by atoms with Crippen LogP contribution < -0.4 is 10.1 Å². The lowest BCUT2D eigenvalue weighted by molar-refractivity contribution is -0.384. The summed E-state index contributed by atoms with van der Waals surface area (Å²) in [6.07, 6.45) is 5.08. The first kappa shape index (κ1) is 19.8. The van der Waals surface area contributed by atoms with Gasteiger partial charge in [-0.3, -0.25) is 24.3 Å². The van der Waals surface area contributed by atoms with Crippen molar-refractivity contribution >= 4 is 17.3 Å². The molecule has 0 aliphatic heterocycles. The third-order valence-corrected chi connectivity index (χ3v) is 4.31. The molecule has 2 aromatic heterocycles. The largest absolute Gasteiger partial charge is 0.457 e. The lowest BCUT2D eigenvalue weighted by Crippen LogP contribution is -2.15. The monoisotopic (exact) mass is 418 g/mol. The maximum Gasteiger partial charge on any atom is 0.276 e. The molecule has 0 saturated heterocycles. The predicted octanol–water partition coefficient (Wildman–Crippen LogP) is 3.85. The minimum atomic E-state index is -0.544. The Kier molecular flexibility index (Phi) is 5.43. The number of non-ortho nitro benzene ring substituents is 1. The topological polar surface area (TPSA) is 117 Å². The quantitative estimate of drug-likeness (QED) is 0.360. The third-order valence-electron chi connectivity index (χ3n) is 4.31. The number of hydrogen-bond acceptors (Lipinski definition) is 6. The fourth-order valence-corrected chi connectivity index (χ4v) is 2.92. The van der Waals surface area contributed by atoms with Gasteiger partial charge in [0.25, 0.3) is 11.6 Å². The van der Waals surface area contributed by atoms with E-state index < -0.39 is 10.8 Å². The number of nitrogens with one attached hydrogen (secondary N) is 1. The molecule has 4 aromatic rings. The van der Waals surface area contributed by atoms with Gasteiger partial charge < -0.3 is 10.1 Å². The van der Waals surface area contributed by atoms with Crippen LogP contribution in [0.4, 0.5) is 11.4 Å². The lowest BCUT2D eigenvalue weighted by Gasteiger charge is -2.09. The average Bonchev–Trinajstić information content (AvgIpc) is 3.40. The molecule has 1 amide bonds. The summed E-state index contributed by atoms with van der Waals surface area (Å²) in [5.41, 5.74) is 1.18. The molecular weight excluding hydrogens is 400 g/mol. The van der Waals surface area contributed by atoms with Crippen molar-refractivity contribution in [3.63, 3.8) is 0 Å². The summed E-state index contributed by atoms with van der Waals surface area (Å²) in [6.45, 7) is 2.27. The van der Waals surface area contributed by atoms with Crippen LogP contribution in [0.25, 0.3) is 0 Å². The highest BCUT2D eigenvalue weighted by Crippen LogP contribution is 2.30. The van der Waals surface area contributed by atoms with E-state index in [1.54, 1.807) is 46.2 Å². The second-order valence-electron chi connectivity index (χ2n) is 6.77. The molecule has 10 nitrogen and oxygen atoms in total. The van der Waals surface area contributed by atoms with E-state index in [4.69, 9.17) is 4.74 Å². The normalized spacial score (nSPS) is 10.6. The van der Waals surface area contributed by atoms with Crippen molar-refractivity contribution in [3.05, 3.63) is 94.6 Å². The summed E-state index contributed by atoms with van der Waals surface area (Å²) < 4.78 is 8.97. The van der Waals surface area contributed by atoms with Crippen molar-refractivity contribution in [2.75, 3.05) is 5.32 Å². The molecule has 0 radical (unpaired) electrons. The van der Waals surface area contributed by atoms with Crippen LogP contribution in [0.1, 0.15) is 16.1 Å². The van der Waals surface area contributed by atoms with E-state index >= 15 is 0 Å². The van der Waals surface area contributed by atoms with Gasteiger partial charge in [0.15, 0.2) is 5.69 Å². The van der Waals surface area contributed by atoms with E-state index in [-0.39, 0.29) is 22.8 Å². The minimum absolute atomic E-state index is 0.166. The zero-order chi connectivity index (χ0) is 21.8. The van der Waals surface area contributed by atoms with Crippen LogP contribution in [0.2, 0.25) is 0 Å². The molecule has 0 saturated carbocycles. The standard InChI is InChI=1S/C21H18N6O4/c1-15-4-2-5-18(10-15)31-19-12-16(11-17(13-19)27(29)30)23-21(28)20-6-9-26(24-20)14-25-8-3-7-22-25/h2-13H,14H2,1H3,(H,23,28). The molecule has 0 aliphatic rings. The van der Waals surface area contributed by atoms with Gasteiger partial charge in [-0.25, -0.2) is 0 Å². The Morgan fingerprint density at radius 3 is 2.71 bits per heavy atom. The van der Waals surface area contributed by atoms with E-state index in [1.165, 1.54) is 18.2 Å². The smallest absolute Gasteiger partial charge is 0.276 e. The van der Waals surface area contributed by atoms with Crippen LogP contribution in [-0.2, 0) is 6.67 Å². The van der Waals surface area contributed by atoms with Crippen molar-refractivity contribution in [1.82, 2.24) is 19.6 Å². The molecule has 0 spiro atoms. The van der Waals surface area contributed by atoms with E-state index in [0.717, 1.165) is 5.56 Å². The van der Waals surface area contributed by atoms with Crippen LogP contribution in [-0.4, -0.2) is 30.4 Å². The first-order valence-corrected chi connectivity index (χ1v) is 9.32. The average molecular weight is 418 g/mol. The Labute approximate surface area is 176 Å². The molecule has 4 rings (SSSR count). The molecule has 0 atom stereocenters. The number of anilines is 1. The van der Waals surface area contributed by atoms with Crippen LogP contribution in [0.15, 0.2) is 73.2 Å². The summed E-state index contributed by atoms with van der Waals surface area (Å²) in [5, 5.41) is 22.3. The number of aromatic nitrogens is 4. The Bertz CT molecular complexity index is 1230. The number of amides is 1. The van der Waals surface area contributed by atoms with Crippen molar-refractivity contribution in [2.45, 2.75) is 13.6 Å². The number of hydrogen-bond donors (Lipinski definition) is 1. The van der Waals surface area contributed by atoms with Crippen molar-refractivity contribution in [2.24, 2.45) is 0 Å². The predicted molar refractivity (Wildman–Crippen MR) is 112 cm³/mol. The fourth-order valence-electron chi connectivity index (χ4n) is 2.92. The number of nitrogens with zero attached hydrogens (tertiary/aromatic N) is 5. The molecular formula is C21H18N6O4. The summed E-state index contributed by atoms with van der Waals surface area (Å²) in [6, 6.07) is 14.7. The molecule has 10 heteroatoms. The van der Waals surface area contributed by atoms with Gasteiger partial charge in [-0.1, -0.05) is 12.1 Å². The van der Waals surface area contributed by atoms with E-state index in [0.29, 0.717) is 12.4 Å². The van der Waals surface area contributed by atoms with Crippen molar-refractivity contribution < 1.29 is 14.5 Å². The number of nitro benzene ring substituents is 1. The molecule has 0 unspecified atom stereocenters. The molecule has 156 valence electrons. The zero-order valence-corrected chi connectivity index (χ0v) is 16.5. The van der Waals surface area contributed by atoms with Gasteiger partial charge in [-0.2, -0.15) is 10.2 Å². The van der Waals surface area contributed by atoms with E-state index in [1.807, 2.05) is 25.1 Å². The maximum absolute atomic E-state index is 12.6. The van der Waals surface area contributed by atoms with Crippen molar-refractivity contribution in [3.8, 4) is 11.5 Å². The molecule has 0 fully saturated rings. The summed E-state index contributed by atoms with van der Waals surface area (Å²) >= 11 is 0. The minimum Gasteiger partial charge on any atom is -0.457 e.